The quantitative estimate of drug-likeness (QED) is 0.688. The van der Waals surface area contributed by atoms with E-state index in [1.165, 1.54) is 14.2 Å². The molecule has 1 saturated heterocycles. The van der Waals surface area contributed by atoms with Gasteiger partial charge in [0.05, 0.1) is 20.6 Å². The van der Waals surface area contributed by atoms with E-state index in [-0.39, 0.29) is 30.8 Å². The van der Waals surface area contributed by atoms with Gasteiger partial charge in [0.2, 0.25) is 5.91 Å². The highest BCUT2D eigenvalue weighted by Gasteiger charge is 2.22. The molecule has 19 heavy (non-hydrogen) atoms. The lowest BCUT2D eigenvalue weighted by molar-refractivity contribution is -0.143. The van der Waals surface area contributed by atoms with Crippen LogP contribution in [0.2, 0.25) is 0 Å². The summed E-state index contributed by atoms with van der Waals surface area (Å²) in [5.41, 5.74) is 0. The zero-order valence-electron chi connectivity index (χ0n) is 11.4. The average molecular weight is 272 g/mol. The van der Waals surface area contributed by atoms with E-state index in [4.69, 9.17) is 0 Å². The third kappa shape index (κ3) is 4.76. The number of carbonyl (C=O) groups excluding carboxylic acids is 3. The van der Waals surface area contributed by atoms with Gasteiger partial charge in [-0.1, -0.05) is 0 Å². The van der Waals surface area contributed by atoms with Crippen molar-refractivity contribution in [1.29, 1.82) is 0 Å². The van der Waals surface area contributed by atoms with Crippen molar-refractivity contribution in [2.45, 2.75) is 19.3 Å². The minimum Gasteiger partial charge on any atom is -0.469 e. The number of hydrogen-bond donors (Lipinski definition) is 0. The fourth-order valence-corrected chi connectivity index (χ4v) is 1.95. The molecule has 0 N–H and O–H groups in total. The van der Waals surface area contributed by atoms with E-state index in [0.717, 1.165) is 0 Å². The van der Waals surface area contributed by atoms with Crippen molar-refractivity contribution >= 4 is 18.0 Å². The molecule has 1 fully saturated rings. The summed E-state index contributed by atoms with van der Waals surface area (Å²) < 4.78 is 9.15. The Bertz CT molecular complexity index is 345. The third-order valence-corrected chi connectivity index (χ3v) is 3.05. The van der Waals surface area contributed by atoms with Crippen molar-refractivity contribution in [3.05, 3.63) is 0 Å². The molecule has 0 aromatic rings. The van der Waals surface area contributed by atoms with Crippen LogP contribution in [-0.2, 0) is 19.1 Å². The van der Waals surface area contributed by atoms with E-state index < -0.39 is 0 Å². The van der Waals surface area contributed by atoms with E-state index in [2.05, 4.69) is 9.47 Å². The normalized spacial score (nSPS) is 15.7. The predicted octanol–water partition coefficient (Wildman–Crippen LogP) is 0.240. The van der Waals surface area contributed by atoms with Gasteiger partial charge in [0.1, 0.15) is 0 Å². The fraction of sp³-hybridized carbons (Fsp3) is 0.750. The molecule has 0 radical (unpaired) electrons. The van der Waals surface area contributed by atoms with Gasteiger partial charge in [0.15, 0.2) is 0 Å². The van der Waals surface area contributed by atoms with Crippen LogP contribution in [0.3, 0.4) is 0 Å². The van der Waals surface area contributed by atoms with E-state index in [0.29, 0.717) is 32.6 Å². The standard InChI is InChI=1S/C12H20N2O5/c1-18-11(16)5-4-10(15)13-6-3-7-14(9-8-13)12(17)19-2/h3-9H2,1-2H3. The first-order chi connectivity index (χ1) is 9.08. The molecule has 1 heterocycles. The summed E-state index contributed by atoms with van der Waals surface area (Å²) in [6.07, 6.45) is 0.570. The highest BCUT2D eigenvalue weighted by atomic mass is 16.5. The largest absolute Gasteiger partial charge is 0.469 e. The van der Waals surface area contributed by atoms with E-state index in [1.807, 2.05) is 0 Å². The van der Waals surface area contributed by atoms with Crippen molar-refractivity contribution in [2.24, 2.45) is 0 Å². The van der Waals surface area contributed by atoms with Gasteiger partial charge in [-0.05, 0) is 6.42 Å². The SMILES string of the molecule is COC(=O)CCC(=O)N1CCCN(C(=O)OC)CC1. The Kier molecular flexibility index (Phi) is 6.11. The third-order valence-electron chi connectivity index (χ3n) is 3.05. The lowest BCUT2D eigenvalue weighted by Gasteiger charge is -2.21. The molecule has 0 aromatic heterocycles. The van der Waals surface area contributed by atoms with Crippen LogP contribution in [0.1, 0.15) is 19.3 Å². The molecule has 0 aromatic carbocycles. The Balaban J connectivity index is 2.41. The highest BCUT2D eigenvalue weighted by molar-refractivity contribution is 5.81. The second kappa shape index (κ2) is 7.60. The van der Waals surface area contributed by atoms with Crippen LogP contribution >= 0.6 is 0 Å². The molecular formula is C12H20N2O5. The maximum atomic E-state index is 11.9. The number of hydrogen-bond acceptors (Lipinski definition) is 5. The first-order valence-electron chi connectivity index (χ1n) is 6.26. The Morgan fingerprint density at radius 1 is 0.895 bits per heavy atom. The summed E-state index contributed by atoms with van der Waals surface area (Å²) in [7, 11) is 2.64. The van der Waals surface area contributed by atoms with Crippen LogP contribution in [0.4, 0.5) is 4.79 Å². The molecular weight excluding hydrogens is 252 g/mol. The Morgan fingerprint density at radius 3 is 2.16 bits per heavy atom. The topological polar surface area (TPSA) is 76.2 Å². The van der Waals surface area contributed by atoms with Crippen molar-refractivity contribution in [3.8, 4) is 0 Å². The molecule has 7 nitrogen and oxygen atoms in total. The van der Waals surface area contributed by atoms with Gasteiger partial charge in [-0.2, -0.15) is 0 Å². The summed E-state index contributed by atoms with van der Waals surface area (Å²) in [5, 5.41) is 0. The second-order valence-electron chi connectivity index (χ2n) is 4.27. The van der Waals surface area contributed by atoms with Crippen molar-refractivity contribution in [2.75, 3.05) is 40.4 Å². The van der Waals surface area contributed by atoms with Gasteiger partial charge < -0.3 is 19.3 Å². The molecule has 0 unspecified atom stereocenters. The monoisotopic (exact) mass is 272 g/mol. The smallest absolute Gasteiger partial charge is 0.409 e. The summed E-state index contributed by atoms with van der Waals surface area (Å²) in [5.74, 6) is -0.475. The molecule has 0 spiro atoms. The molecule has 2 amide bonds. The number of amides is 2. The van der Waals surface area contributed by atoms with Gasteiger partial charge in [-0.3, -0.25) is 9.59 Å². The molecule has 0 aliphatic carbocycles. The molecule has 108 valence electrons. The van der Waals surface area contributed by atoms with Gasteiger partial charge in [0, 0.05) is 32.6 Å². The van der Waals surface area contributed by atoms with Crippen LogP contribution in [0.25, 0.3) is 0 Å². The maximum absolute atomic E-state index is 11.9. The van der Waals surface area contributed by atoms with Crippen LogP contribution < -0.4 is 0 Å². The maximum Gasteiger partial charge on any atom is 0.409 e. The molecule has 0 saturated carbocycles. The summed E-state index contributed by atoms with van der Waals surface area (Å²) in [4.78, 5) is 37.5. The number of carbonyl (C=O) groups is 3. The molecule has 7 heteroatoms. The van der Waals surface area contributed by atoms with Crippen molar-refractivity contribution < 1.29 is 23.9 Å². The van der Waals surface area contributed by atoms with Gasteiger partial charge in [-0.25, -0.2) is 4.79 Å². The lowest BCUT2D eigenvalue weighted by atomic mass is 10.2. The molecule has 0 bridgehead atoms. The first kappa shape index (κ1) is 15.3. The Morgan fingerprint density at radius 2 is 1.53 bits per heavy atom. The predicted molar refractivity (Wildman–Crippen MR) is 66.4 cm³/mol. The Hall–Kier alpha value is -1.79. The first-order valence-corrected chi connectivity index (χ1v) is 6.26. The number of ether oxygens (including phenoxy) is 2. The fourth-order valence-electron chi connectivity index (χ4n) is 1.95. The Labute approximate surface area is 112 Å². The summed E-state index contributed by atoms with van der Waals surface area (Å²) in [6.45, 7) is 2.09. The van der Waals surface area contributed by atoms with Gasteiger partial charge in [0.25, 0.3) is 0 Å². The molecule has 0 atom stereocenters. The van der Waals surface area contributed by atoms with E-state index >= 15 is 0 Å². The van der Waals surface area contributed by atoms with Crippen LogP contribution in [-0.4, -0.2) is 68.2 Å². The molecule has 1 rings (SSSR count). The van der Waals surface area contributed by atoms with E-state index in [1.54, 1.807) is 9.80 Å². The highest BCUT2D eigenvalue weighted by Crippen LogP contribution is 2.07. The van der Waals surface area contributed by atoms with Crippen LogP contribution in [0.5, 0.6) is 0 Å². The summed E-state index contributed by atoms with van der Waals surface area (Å²) in [6, 6.07) is 0. The van der Waals surface area contributed by atoms with E-state index in [9.17, 15) is 14.4 Å². The number of methoxy groups -OCH3 is 2. The van der Waals surface area contributed by atoms with Crippen molar-refractivity contribution in [3.63, 3.8) is 0 Å². The number of esters is 1. The van der Waals surface area contributed by atoms with Crippen molar-refractivity contribution in [1.82, 2.24) is 9.80 Å². The number of rotatable bonds is 3. The summed E-state index contributed by atoms with van der Waals surface area (Å²) >= 11 is 0. The zero-order chi connectivity index (χ0) is 14.3. The minimum absolute atomic E-state index is 0.0860. The molecule has 1 aliphatic heterocycles. The van der Waals surface area contributed by atoms with Crippen LogP contribution in [0, 0.1) is 0 Å². The zero-order valence-corrected chi connectivity index (χ0v) is 11.4. The number of nitrogens with zero attached hydrogens (tertiary/aromatic N) is 2. The van der Waals surface area contributed by atoms with Gasteiger partial charge in [-0.15, -0.1) is 0 Å². The average Bonchev–Trinajstić information content (AvgIpc) is 2.69. The minimum atomic E-state index is -0.389. The molecule has 1 aliphatic rings. The second-order valence-corrected chi connectivity index (χ2v) is 4.27. The van der Waals surface area contributed by atoms with Crippen LogP contribution in [0.15, 0.2) is 0 Å². The lowest BCUT2D eigenvalue weighted by Crippen LogP contribution is -2.37. The van der Waals surface area contributed by atoms with Gasteiger partial charge >= 0.3 is 12.1 Å².